The molecule has 0 aromatic heterocycles. The highest BCUT2D eigenvalue weighted by Crippen LogP contribution is 2.28. The number of likely N-dealkylation sites (tertiary alicyclic amines) is 1. The molecule has 0 saturated carbocycles. The van der Waals surface area contributed by atoms with E-state index in [1.54, 1.807) is 6.07 Å². The molecule has 1 aliphatic heterocycles. The predicted octanol–water partition coefficient (Wildman–Crippen LogP) is 2.96. The van der Waals surface area contributed by atoms with Crippen molar-refractivity contribution in [2.24, 2.45) is 0 Å². The molecular weight excluding hydrogens is 299 g/mol. The summed E-state index contributed by atoms with van der Waals surface area (Å²) in [5.41, 5.74) is -1.47. The van der Waals surface area contributed by atoms with Crippen LogP contribution in [0.15, 0.2) is 42.5 Å². The maximum atomic E-state index is 14.4. The van der Waals surface area contributed by atoms with Gasteiger partial charge in [-0.1, -0.05) is 36.4 Å². The smallest absolute Gasteiger partial charge is 0.345 e. The van der Waals surface area contributed by atoms with E-state index in [1.807, 2.05) is 36.4 Å². The summed E-state index contributed by atoms with van der Waals surface area (Å²) in [6.45, 7) is -0.127. The standard InChI is InChI=1S/C17H17FN2O3/c1-23-15(21)17(18)9-10-20(11-17)16(22)19-14-8-4-6-12-5-2-3-7-13(12)14/h2-8H,9-11H2,1H3,(H,19,22)/t17-/m1/s1. The first-order valence-electron chi connectivity index (χ1n) is 7.34. The van der Waals surface area contributed by atoms with Crippen LogP contribution in [0.2, 0.25) is 0 Å². The van der Waals surface area contributed by atoms with Gasteiger partial charge in [0.15, 0.2) is 0 Å². The number of urea groups is 1. The maximum absolute atomic E-state index is 14.4. The molecule has 1 saturated heterocycles. The minimum absolute atomic E-state index is 0.0529. The van der Waals surface area contributed by atoms with Crippen LogP contribution in [0, 0.1) is 0 Å². The van der Waals surface area contributed by atoms with E-state index in [2.05, 4.69) is 10.1 Å². The number of nitrogens with zero attached hydrogens (tertiary/aromatic N) is 1. The number of carbonyl (C=O) groups is 2. The summed E-state index contributed by atoms with van der Waals surface area (Å²) in [6.07, 6.45) is -0.0529. The molecule has 1 N–H and O–H groups in total. The number of hydrogen-bond acceptors (Lipinski definition) is 3. The second-order valence-electron chi connectivity index (χ2n) is 5.59. The van der Waals surface area contributed by atoms with Gasteiger partial charge in [0.2, 0.25) is 5.67 Å². The van der Waals surface area contributed by atoms with Gasteiger partial charge in [-0.15, -0.1) is 0 Å². The lowest BCUT2D eigenvalue weighted by atomic mass is 10.1. The van der Waals surface area contributed by atoms with Crippen molar-refractivity contribution in [2.75, 3.05) is 25.5 Å². The van der Waals surface area contributed by atoms with Crippen molar-refractivity contribution in [1.29, 1.82) is 0 Å². The molecule has 6 heteroatoms. The Kier molecular flexibility index (Phi) is 3.90. The Bertz CT molecular complexity index is 759. The lowest BCUT2D eigenvalue weighted by molar-refractivity contribution is -0.153. The molecule has 23 heavy (non-hydrogen) atoms. The molecule has 0 bridgehead atoms. The summed E-state index contributed by atoms with van der Waals surface area (Å²) in [6, 6.07) is 12.8. The predicted molar refractivity (Wildman–Crippen MR) is 85.0 cm³/mol. The number of ether oxygens (including phenoxy) is 1. The second kappa shape index (κ2) is 5.87. The molecule has 1 fully saturated rings. The number of anilines is 1. The zero-order chi connectivity index (χ0) is 16.4. The van der Waals surface area contributed by atoms with Gasteiger partial charge in [0.25, 0.3) is 0 Å². The van der Waals surface area contributed by atoms with E-state index >= 15 is 0 Å². The minimum atomic E-state index is -2.12. The van der Waals surface area contributed by atoms with Crippen LogP contribution in [0.25, 0.3) is 10.8 Å². The molecule has 5 nitrogen and oxygen atoms in total. The fourth-order valence-electron chi connectivity index (χ4n) is 2.82. The van der Waals surface area contributed by atoms with Crippen molar-refractivity contribution >= 4 is 28.5 Å². The summed E-state index contributed by atoms with van der Waals surface area (Å²) < 4.78 is 18.9. The molecule has 1 aliphatic rings. The zero-order valence-electron chi connectivity index (χ0n) is 12.7. The number of halogens is 1. The summed E-state index contributed by atoms with van der Waals surface area (Å²) in [5, 5.41) is 4.70. The Morgan fingerprint density at radius 2 is 1.96 bits per heavy atom. The monoisotopic (exact) mass is 316 g/mol. The van der Waals surface area contributed by atoms with E-state index in [1.165, 1.54) is 4.90 Å². The number of hydrogen-bond donors (Lipinski definition) is 1. The Morgan fingerprint density at radius 1 is 1.22 bits per heavy atom. The SMILES string of the molecule is COC(=O)[C@@]1(F)CCN(C(=O)Nc2cccc3ccccc23)C1. The van der Waals surface area contributed by atoms with Gasteiger partial charge in [0.05, 0.1) is 19.3 Å². The number of esters is 1. The topological polar surface area (TPSA) is 58.6 Å². The number of benzene rings is 2. The highest BCUT2D eigenvalue weighted by molar-refractivity contribution is 6.01. The Morgan fingerprint density at radius 3 is 2.74 bits per heavy atom. The molecule has 0 aliphatic carbocycles. The van der Waals surface area contributed by atoms with Crippen molar-refractivity contribution < 1.29 is 18.7 Å². The van der Waals surface area contributed by atoms with Crippen molar-refractivity contribution in [2.45, 2.75) is 12.1 Å². The van der Waals surface area contributed by atoms with Crippen molar-refractivity contribution in [1.82, 2.24) is 4.90 Å². The van der Waals surface area contributed by atoms with Crippen LogP contribution in [0.5, 0.6) is 0 Å². The maximum Gasteiger partial charge on any atom is 0.345 e. The first-order chi connectivity index (χ1) is 11.0. The Hall–Kier alpha value is -2.63. The van der Waals surface area contributed by atoms with Gasteiger partial charge in [-0.25, -0.2) is 14.0 Å². The number of carbonyl (C=O) groups excluding carboxylic acids is 2. The quantitative estimate of drug-likeness (QED) is 0.867. The molecule has 120 valence electrons. The van der Waals surface area contributed by atoms with Crippen LogP contribution in [-0.2, 0) is 9.53 Å². The van der Waals surface area contributed by atoms with Crippen LogP contribution >= 0.6 is 0 Å². The van der Waals surface area contributed by atoms with Gasteiger partial charge in [0.1, 0.15) is 0 Å². The van der Waals surface area contributed by atoms with Crippen LogP contribution in [0.1, 0.15) is 6.42 Å². The normalized spacial score (nSPS) is 20.5. The average molecular weight is 316 g/mol. The molecule has 1 atom stereocenters. The summed E-state index contributed by atoms with van der Waals surface area (Å²) in [5.74, 6) is -0.932. The number of fused-ring (bicyclic) bond motifs is 1. The van der Waals surface area contributed by atoms with E-state index in [-0.39, 0.29) is 19.5 Å². The lowest BCUT2D eigenvalue weighted by Gasteiger charge is -2.20. The van der Waals surface area contributed by atoms with Crippen molar-refractivity contribution in [3.05, 3.63) is 42.5 Å². The number of alkyl halides is 1. The van der Waals surface area contributed by atoms with Crippen LogP contribution < -0.4 is 5.32 Å². The van der Waals surface area contributed by atoms with Crippen LogP contribution in [0.4, 0.5) is 14.9 Å². The molecule has 0 unspecified atom stereocenters. The van der Waals surface area contributed by atoms with Gasteiger partial charge in [-0.05, 0) is 11.5 Å². The summed E-state index contributed by atoms with van der Waals surface area (Å²) in [7, 11) is 1.14. The molecule has 0 spiro atoms. The molecule has 1 heterocycles. The van der Waals surface area contributed by atoms with Gasteiger partial charge >= 0.3 is 12.0 Å². The van der Waals surface area contributed by atoms with E-state index in [0.29, 0.717) is 5.69 Å². The number of rotatable bonds is 2. The average Bonchev–Trinajstić information content (AvgIpc) is 2.98. The lowest BCUT2D eigenvalue weighted by Crippen LogP contribution is -2.41. The van der Waals surface area contributed by atoms with E-state index in [4.69, 9.17) is 0 Å². The zero-order valence-corrected chi connectivity index (χ0v) is 12.7. The molecule has 2 aromatic rings. The Balaban J connectivity index is 1.76. The molecule has 2 aromatic carbocycles. The molecular formula is C17H17FN2O3. The van der Waals surface area contributed by atoms with Crippen LogP contribution in [-0.4, -0.2) is 42.8 Å². The molecule has 0 radical (unpaired) electrons. The largest absolute Gasteiger partial charge is 0.467 e. The van der Waals surface area contributed by atoms with Crippen molar-refractivity contribution in [3.63, 3.8) is 0 Å². The summed E-state index contributed by atoms with van der Waals surface area (Å²) >= 11 is 0. The highest BCUT2D eigenvalue weighted by Gasteiger charge is 2.47. The van der Waals surface area contributed by atoms with Crippen molar-refractivity contribution in [3.8, 4) is 0 Å². The third kappa shape index (κ3) is 2.84. The van der Waals surface area contributed by atoms with E-state index < -0.39 is 17.7 Å². The minimum Gasteiger partial charge on any atom is -0.467 e. The molecule has 3 rings (SSSR count). The second-order valence-corrected chi connectivity index (χ2v) is 5.59. The van der Waals surface area contributed by atoms with Crippen LogP contribution in [0.3, 0.4) is 0 Å². The van der Waals surface area contributed by atoms with E-state index in [9.17, 15) is 14.0 Å². The Labute approximate surface area is 133 Å². The first kappa shape index (κ1) is 15.3. The first-order valence-corrected chi connectivity index (χ1v) is 7.34. The third-order valence-electron chi connectivity index (χ3n) is 4.09. The van der Waals surface area contributed by atoms with Gasteiger partial charge < -0.3 is 15.0 Å². The number of nitrogens with one attached hydrogen (secondary N) is 1. The number of methoxy groups -OCH3 is 1. The summed E-state index contributed by atoms with van der Waals surface area (Å²) in [4.78, 5) is 25.1. The van der Waals surface area contributed by atoms with Gasteiger partial charge in [0, 0.05) is 18.4 Å². The molecule has 2 amide bonds. The van der Waals surface area contributed by atoms with E-state index in [0.717, 1.165) is 17.9 Å². The fraction of sp³-hybridized carbons (Fsp3) is 0.294. The van der Waals surface area contributed by atoms with Gasteiger partial charge in [-0.2, -0.15) is 0 Å². The third-order valence-corrected chi connectivity index (χ3v) is 4.09. The fourth-order valence-corrected chi connectivity index (χ4v) is 2.82. The number of amides is 2. The van der Waals surface area contributed by atoms with Gasteiger partial charge in [-0.3, -0.25) is 0 Å². The highest BCUT2D eigenvalue weighted by atomic mass is 19.1.